The van der Waals surface area contributed by atoms with Crippen molar-refractivity contribution in [1.29, 1.82) is 0 Å². The van der Waals surface area contributed by atoms with Crippen LogP contribution in [0.1, 0.15) is 32.6 Å². The molecular formula is C11H15FN2O. The van der Waals surface area contributed by atoms with E-state index in [1.807, 2.05) is 0 Å². The van der Waals surface area contributed by atoms with E-state index in [1.54, 1.807) is 6.07 Å². The predicted molar refractivity (Wildman–Crippen MR) is 57.0 cm³/mol. The van der Waals surface area contributed by atoms with Crippen LogP contribution >= 0.6 is 0 Å². The lowest BCUT2D eigenvalue weighted by Crippen LogP contribution is -2.12. The number of carbonyl (C=O) groups is 1. The maximum atomic E-state index is 12.7. The molecular weight excluding hydrogens is 195 g/mol. The van der Waals surface area contributed by atoms with E-state index in [-0.39, 0.29) is 11.7 Å². The molecule has 15 heavy (non-hydrogen) atoms. The van der Waals surface area contributed by atoms with Crippen LogP contribution in [0.4, 0.5) is 10.2 Å². The van der Waals surface area contributed by atoms with Crippen molar-refractivity contribution in [2.75, 3.05) is 5.32 Å². The molecule has 1 amide bonds. The van der Waals surface area contributed by atoms with Gasteiger partial charge in [0.1, 0.15) is 5.82 Å². The number of anilines is 1. The molecule has 0 aromatic carbocycles. The third-order valence-corrected chi connectivity index (χ3v) is 1.99. The first-order valence-corrected chi connectivity index (χ1v) is 5.14. The molecule has 0 saturated heterocycles. The van der Waals surface area contributed by atoms with E-state index in [2.05, 4.69) is 17.2 Å². The number of pyridine rings is 1. The first-order chi connectivity index (χ1) is 7.22. The molecule has 1 rings (SSSR count). The van der Waals surface area contributed by atoms with Crippen molar-refractivity contribution in [2.45, 2.75) is 32.6 Å². The van der Waals surface area contributed by atoms with Crippen molar-refractivity contribution in [1.82, 2.24) is 4.98 Å². The zero-order chi connectivity index (χ0) is 11.1. The second kappa shape index (κ2) is 6.11. The third kappa shape index (κ3) is 4.54. The van der Waals surface area contributed by atoms with Gasteiger partial charge in [0.25, 0.3) is 0 Å². The van der Waals surface area contributed by atoms with Gasteiger partial charge in [0, 0.05) is 6.42 Å². The van der Waals surface area contributed by atoms with Gasteiger partial charge < -0.3 is 5.32 Å². The predicted octanol–water partition coefficient (Wildman–Crippen LogP) is 2.74. The number of unbranched alkanes of at least 4 members (excludes halogenated alkanes) is 2. The summed E-state index contributed by atoms with van der Waals surface area (Å²) in [6.45, 7) is 2.08. The lowest BCUT2D eigenvalue weighted by Gasteiger charge is -2.03. The Bertz CT molecular complexity index is 328. The molecule has 0 spiro atoms. The molecule has 1 heterocycles. The second-order valence-corrected chi connectivity index (χ2v) is 3.35. The highest BCUT2D eigenvalue weighted by atomic mass is 19.1. The number of hydrogen-bond acceptors (Lipinski definition) is 2. The first-order valence-electron chi connectivity index (χ1n) is 5.14. The smallest absolute Gasteiger partial charge is 0.225 e. The third-order valence-electron chi connectivity index (χ3n) is 1.99. The SMILES string of the molecule is CCCCCC(=O)Nc1cccc(F)n1. The van der Waals surface area contributed by atoms with E-state index in [4.69, 9.17) is 0 Å². The average molecular weight is 210 g/mol. The summed E-state index contributed by atoms with van der Waals surface area (Å²) >= 11 is 0. The molecule has 3 nitrogen and oxygen atoms in total. The van der Waals surface area contributed by atoms with E-state index < -0.39 is 5.95 Å². The molecule has 1 N–H and O–H groups in total. The fourth-order valence-corrected chi connectivity index (χ4v) is 1.22. The Labute approximate surface area is 88.7 Å². The van der Waals surface area contributed by atoms with E-state index >= 15 is 0 Å². The molecule has 1 aromatic heterocycles. The van der Waals surface area contributed by atoms with Crippen molar-refractivity contribution in [3.8, 4) is 0 Å². The standard InChI is InChI=1S/C11H15FN2O/c1-2-3-4-8-11(15)14-10-7-5-6-9(12)13-10/h5-7H,2-4,8H2,1H3,(H,13,14,15). The van der Waals surface area contributed by atoms with Crippen LogP contribution in [-0.4, -0.2) is 10.9 Å². The van der Waals surface area contributed by atoms with E-state index in [0.29, 0.717) is 6.42 Å². The Hall–Kier alpha value is -1.45. The van der Waals surface area contributed by atoms with E-state index in [1.165, 1.54) is 12.1 Å². The van der Waals surface area contributed by atoms with Gasteiger partial charge in [0.15, 0.2) is 0 Å². The molecule has 82 valence electrons. The van der Waals surface area contributed by atoms with Crippen LogP contribution in [0.15, 0.2) is 18.2 Å². The number of nitrogens with zero attached hydrogens (tertiary/aromatic N) is 1. The number of aromatic nitrogens is 1. The lowest BCUT2D eigenvalue weighted by atomic mass is 10.2. The lowest BCUT2D eigenvalue weighted by molar-refractivity contribution is -0.116. The van der Waals surface area contributed by atoms with Gasteiger partial charge in [-0.15, -0.1) is 0 Å². The Balaban J connectivity index is 2.37. The van der Waals surface area contributed by atoms with Gasteiger partial charge in [-0.25, -0.2) is 4.98 Å². The highest BCUT2D eigenvalue weighted by molar-refractivity contribution is 5.89. The quantitative estimate of drug-likeness (QED) is 0.599. The van der Waals surface area contributed by atoms with Crippen molar-refractivity contribution < 1.29 is 9.18 Å². The summed E-state index contributed by atoms with van der Waals surface area (Å²) in [4.78, 5) is 14.9. The number of amides is 1. The summed E-state index contributed by atoms with van der Waals surface area (Å²) in [5, 5.41) is 2.55. The van der Waals surface area contributed by atoms with Gasteiger partial charge in [0.2, 0.25) is 11.9 Å². The van der Waals surface area contributed by atoms with Crippen molar-refractivity contribution >= 4 is 11.7 Å². The molecule has 0 bridgehead atoms. The monoisotopic (exact) mass is 210 g/mol. The molecule has 0 radical (unpaired) electrons. The van der Waals surface area contributed by atoms with Crippen LogP contribution in [0.5, 0.6) is 0 Å². The highest BCUT2D eigenvalue weighted by Gasteiger charge is 2.03. The Morgan fingerprint density at radius 1 is 1.47 bits per heavy atom. The van der Waals surface area contributed by atoms with Crippen LogP contribution in [0, 0.1) is 5.95 Å². The van der Waals surface area contributed by atoms with Gasteiger partial charge in [-0.3, -0.25) is 4.79 Å². The maximum Gasteiger partial charge on any atom is 0.225 e. The molecule has 0 aliphatic rings. The highest BCUT2D eigenvalue weighted by Crippen LogP contribution is 2.05. The minimum absolute atomic E-state index is 0.110. The summed E-state index contributed by atoms with van der Waals surface area (Å²) in [6, 6.07) is 4.33. The molecule has 4 heteroatoms. The molecule has 1 aromatic rings. The van der Waals surface area contributed by atoms with Gasteiger partial charge in [0.05, 0.1) is 0 Å². The summed E-state index contributed by atoms with van der Waals surface area (Å²) in [5.74, 6) is -0.417. The normalized spacial score (nSPS) is 10.0. The maximum absolute atomic E-state index is 12.7. The Kier molecular flexibility index (Phi) is 4.74. The minimum Gasteiger partial charge on any atom is -0.311 e. The van der Waals surface area contributed by atoms with Crippen LogP contribution in [-0.2, 0) is 4.79 Å². The van der Waals surface area contributed by atoms with Crippen LogP contribution in [0.3, 0.4) is 0 Å². The summed E-state index contributed by atoms with van der Waals surface area (Å²) in [5.41, 5.74) is 0. The first kappa shape index (κ1) is 11.6. The fraction of sp³-hybridized carbons (Fsp3) is 0.455. The zero-order valence-electron chi connectivity index (χ0n) is 8.79. The molecule has 0 aliphatic heterocycles. The summed E-state index contributed by atoms with van der Waals surface area (Å²) < 4.78 is 12.7. The van der Waals surface area contributed by atoms with Crippen molar-refractivity contribution in [3.63, 3.8) is 0 Å². The minimum atomic E-state index is -0.582. The van der Waals surface area contributed by atoms with E-state index in [0.717, 1.165) is 19.3 Å². The molecule has 0 unspecified atom stereocenters. The second-order valence-electron chi connectivity index (χ2n) is 3.35. The van der Waals surface area contributed by atoms with Gasteiger partial charge in [-0.1, -0.05) is 25.8 Å². The van der Waals surface area contributed by atoms with Crippen LogP contribution in [0.2, 0.25) is 0 Å². The largest absolute Gasteiger partial charge is 0.311 e. The average Bonchev–Trinajstić information content (AvgIpc) is 2.18. The number of halogens is 1. The fourth-order valence-electron chi connectivity index (χ4n) is 1.22. The summed E-state index contributed by atoms with van der Waals surface area (Å²) in [7, 11) is 0. The van der Waals surface area contributed by atoms with Crippen molar-refractivity contribution in [2.24, 2.45) is 0 Å². The number of rotatable bonds is 5. The van der Waals surface area contributed by atoms with E-state index in [9.17, 15) is 9.18 Å². The van der Waals surface area contributed by atoms with Gasteiger partial charge >= 0.3 is 0 Å². The number of nitrogens with one attached hydrogen (secondary N) is 1. The van der Waals surface area contributed by atoms with Gasteiger partial charge in [-0.2, -0.15) is 4.39 Å². The van der Waals surface area contributed by atoms with Gasteiger partial charge in [-0.05, 0) is 18.6 Å². The number of hydrogen-bond donors (Lipinski definition) is 1. The van der Waals surface area contributed by atoms with Crippen LogP contribution < -0.4 is 5.32 Å². The molecule has 0 aliphatic carbocycles. The van der Waals surface area contributed by atoms with Crippen LogP contribution in [0.25, 0.3) is 0 Å². The molecule has 0 atom stereocenters. The molecule has 0 saturated carbocycles. The topological polar surface area (TPSA) is 42.0 Å². The van der Waals surface area contributed by atoms with Crippen molar-refractivity contribution in [3.05, 3.63) is 24.1 Å². The number of carbonyl (C=O) groups excluding carboxylic acids is 1. The summed E-state index contributed by atoms with van der Waals surface area (Å²) in [6.07, 6.45) is 3.43. The molecule has 0 fully saturated rings. The zero-order valence-corrected chi connectivity index (χ0v) is 8.79. The Morgan fingerprint density at radius 3 is 2.93 bits per heavy atom. The Morgan fingerprint density at radius 2 is 2.27 bits per heavy atom.